The average molecular weight is 433 g/mol. The predicted octanol–water partition coefficient (Wildman–Crippen LogP) is 1.66. The van der Waals surface area contributed by atoms with E-state index in [-0.39, 0.29) is 0 Å². The molecule has 0 unspecified atom stereocenters. The summed E-state index contributed by atoms with van der Waals surface area (Å²) in [5, 5.41) is 4.27. The van der Waals surface area contributed by atoms with E-state index in [4.69, 9.17) is 4.52 Å². The normalized spacial score (nSPS) is 16.5. The lowest BCUT2D eigenvalue weighted by molar-refractivity contribution is 0.271. The van der Waals surface area contributed by atoms with Gasteiger partial charge in [0, 0.05) is 25.4 Å². The third-order valence-corrected chi connectivity index (χ3v) is 7.90. The van der Waals surface area contributed by atoms with Crippen LogP contribution in [0.5, 0.6) is 0 Å². The molecule has 1 aliphatic heterocycles. The quantitative estimate of drug-likeness (QED) is 0.655. The first-order chi connectivity index (χ1) is 14.3. The highest BCUT2D eigenvalue weighted by Gasteiger charge is 2.30. The fraction of sp³-hybridized carbons (Fsp3) is 0.450. The number of aromatic nitrogens is 3. The van der Waals surface area contributed by atoms with Gasteiger partial charge in [0.1, 0.15) is 0 Å². The monoisotopic (exact) mass is 432 g/mol. The van der Waals surface area contributed by atoms with E-state index in [1.807, 2.05) is 18.2 Å². The molecule has 0 amide bonds. The van der Waals surface area contributed by atoms with Crippen LogP contribution in [0.2, 0.25) is 0 Å². The molecule has 9 nitrogen and oxygen atoms in total. The van der Waals surface area contributed by atoms with Gasteiger partial charge in [-0.2, -0.15) is 0 Å². The number of sulfonamides is 1. The zero-order chi connectivity index (χ0) is 21.5. The summed E-state index contributed by atoms with van der Waals surface area (Å²) in [6.45, 7) is 4.50. The number of rotatable bonds is 5. The summed E-state index contributed by atoms with van der Waals surface area (Å²) in [5.41, 5.74) is 0.552. The van der Waals surface area contributed by atoms with Gasteiger partial charge in [-0.25, -0.2) is 22.1 Å². The van der Waals surface area contributed by atoms with Gasteiger partial charge >= 0.3 is 5.69 Å². The molecule has 30 heavy (non-hydrogen) atoms. The third kappa shape index (κ3) is 3.84. The van der Waals surface area contributed by atoms with Gasteiger partial charge in [0.2, 0.25) is 10.0 Å². The van der Waals surface area contributed by atoms with Crippen molar-refractivity contribution in [3.63, 3.8) is 0 Å². The van der Waals surface area contributed by atoms with Gasteiger partial charge in [0.15, 0.2) is 11.4 Å². The number of H-pyrrole nitrogens is 1. The minimum atomic E-state index is -3.21. The molecule has 0 spiro atoms. The van der Waals surface area contributed by atoms with Crippen molar-refractivity contribution in [2.75, 3.05) is 13.1 Å². The largest absolute Gasteiger partial charge is 0.354 e. The molecule has 1 saturated heterocycles. The lowest BCUT2D eigenvalue weighted by Gasteiger charge is -2.32. The number of fused-ring (bicyclic) bond motifs is 1. The minimum Gasteiger partial charge on any atom is -0.354 e. The molecule has 10 heteroatoms. The first-order valence-corrected chi connectivity index (χ1v) is 11.5. The van der Waals surface area contributed by atoms with Gasteiger partial charge in [-0.3, -0.25) is 9.78 Å². The molecule has 1 fully saturated rings. The van der Waals surface area contributed by atoms with E-state index < -0.39 is 26.5 Å². The van der Waals surface area contributed by atoms with Crippen molar-refractivity contribution in [2.45, 2.75) is 38.4 Å². The first-order valence-electron chi connectivity index (χ1n) is 9.95. The maximum Gasteiger partial charge on any atom is 0.334 e. The Labute approximate surface area is 173 Å². The smallest absolute Gasteiger partial charge is 0.334 e. The molecule has 1 aliphatic rings. The Morgan fingerprint density at radius 2 is 1.93 bits per heavy atom. The molecule has 0 atom stereocenters. The molecular weight excluding hydrogens is 408 g/mol. The Kier molecular flexibility index (Phi) is 5.37. The van der Waals surface area contributed by atoms with Crippen LogP contribution < -0.4 is 11.2 Å². The molecule has 0 radical (unpaired) electrons. The van der Waals surface area contributed by atoms with Crippen LogP contribution >= 0.6 is 0 Å². The van der Waals surface area contributed by atoms with Crippen LogP contribution in [0.25, 0.3) is 16.8 Å². The summed E-state index contributed by atoms with van der Waals surface area (Å²) in [4.78, 5) is 25.6. The predicted molar refractivity (Wildman–Crippen MR) is 112 cm³/mol. The maximum atomic E-state index is 12.3. The number of aromatic amines is 1. The zero-order valence-electron chi connectivity index (χ0n) is 16.9. The highest BCUT2D eigenvalue weighted by molar-refractivity contribution is 7.89. The van der Waals surface area contributed by atoms with E-state index in [9.17, 15) is 18.0 Å². The Bertz CT molecular complexity index is 1280. The van der Waals surface area contributed by atoms with Crippen LogP contribution in [0.4, 0.5) is 0 Å². The van der Waals surface area contributed by atoms with E-state index in [2.05, 4.69) is 10.1 Å². The number of benzene rings is 1. The van der Waals surface area contributed by atoms with Crippen LogP contribution in [0.15, 0.2) is 44.6 Å². The SMILES string of the molecule is CC(C)S(=O)(=O)N1CCC(Cc2ccc3onc(-n4ccc(=O)[nH]c4=O)c3c2)CC1. The van der Waals surface area contributed by atoms with E-state index in [1.54, 1.807) is 18.2 Å². The van der Waals surface area contributed by atoms with Crippen molar-refractivity contribution in [2.24, 2.45) is 5.92 Å². The second-order valence-electron chi connectivity index (χ2n) is 7.96. The zero-order valence-corrected chi connectivity index (χ0v) is 17.7. The third-order valence-electron chi connectivity index (χ3n) is 5.62. The molecule has 160 valence electrons. The summed E-state index contributed by atoms with van der Waals surface area (Å²) in [5.74, 6) is 0.700. The van der Waals surface area contributed by atoms with Crippen LogP contribution in [-0.2, 0) is 16.4 Å². The van der Waals surface area contributed by atoms with Gasteiger partial charge in [-0.1, -0.05) is 11.2 Å². The fourth-order valence-corrected chi connectivity index (χ4v) is 5.17. The molecule has 3 heterocycles. The van der Waals surface area contributed by atoms with Crippen molar-refractivity contribution in [1.82, 2.24) is 19.0 Å². The van der Waals surface area contributed by atoms with Crippen molar-refractivity contribution in [3.8, 4) is 5.82 Å². The van der Waals surface area contributed by atoms with Crippen molar-refractivity contribution >= 4 is 21.0 Å². The standard InChI is InChI=1S/C20H24N4O5S/c1-13(2)30(27,28)23-8-5-14(6-9-23)11-15-3-4-17-16(12-15)19(22-29-17)24-10-7-18(25)21-20(24)26/h3-4,7,10,12-14H,5-6,8-9,11H2,1-2H3,(H,21,25,26). The molecule has 1 N–H and O–H groups in total. The first kappa shape index (κ1) is 20.5. The molecule has 0 saturated carbocycles. The second kappa shape index (κ2) is 7.84. The summed E-state index contributed by atoms with van der Waals surface area (Å²) in [6, 6.07) is 6.97. The number of nitrogens with zero attached hydrogens (tertiary/aromatic N) is 3. The van der Waals surface area contributed by atoms with Gasteiger partial charge in [0.25, 0.3) is 5.56 Å². The van der Waals surface area contributed by atoms with Crippen LogP contribution in [0.3, 0.4) is 0 Å². The highest BCUT2D eigenvalue weighted by Crippen LogP contribution is 2.27. The number of nitrogens with one attached hydrogen (secondary N) is 1. The average Bonchev–Trinajstić information content (AvgIpc) is 3.11. The lowest BCUT2D eigenvalue weighted by Crippen LogP contribution is -2.42. The van der Waals surface area contributed by atoms with Crippen LogP contribution in [-0.4, -0.2) is 45.8 Å². The number of piperidine rings is 1. The summed E-state index contributed by atoms with van der Waals surface area (Å²) in [7, 11) is -3.21. The Morgan fingerprint density at radius 1 is 1.20 bits per heavy atom. The molecule has 0 aliphatic carbocycles. The second-order valence-corrected chi connectivity index (χ2v) is 10.4. The fourth-order valence-electron chi connectivity index (χ4n) is 3.86. The molecule has 0 bridgehead atoms. The topological polar surface area (TPSA) is 118 Å². The van der Waals surface area contributed by atoms with Crippen molar-refractivity contribution in [3.05, 3.63) is 56.9 Å². The Balaban J connectivity index is 1.54. The van der Waals surface area contributed by atoms with Crippen LogP contribution in [0.1, 0.15) is 32.3 Å². The summed E-state index contributed by atoms with van der Waals surface area (Å²) < 4.78 is 32.9. The van der Waals surface area contributed by atoms with Gasteiger partial charge in [-0.05, 0) is 56.7 Å². The van der Waals surface area contributed by atoms with E-state index in [1.165, 1.54) is 16.8 Å². The lowest BCUT2D eigenvalue weighted by atomic mass is 9.90. The maximum absolute atomic E-state index is 12.3. The van der Waals surface area contributed by atoms with Crippen molar-refractivity contribution < 1.29 is 12.9 Å². The molecule has 3 aromatic rings. The van der Waals surface area contributed by atoms with E-state index in [0.29, 0.717) is 35.8 Å². The van der Waals surface area contributed by atoms with Gasteiger partial charge in [-0.15, -0.1) is 0 Å². The van der Waals surface area contributed by atoms with Gasteiger partial charge in [0.05, 0.1) is 10.6 Å². The number of hydrogen-bond donors (Lipinski definition) is 1. The summed E-state index contributed by atoms with van der Waals surface area (Å²) >= 11 is 0. The molecular formula is C20H24N4O5S. The van der Waals surface area contributed by atoms with Crippen molar-refractivity contribution in [1.29, 1.82) is 0 Å². The Hall–Kier alpha value is -2.72. The summed E-state index contributed by atoms with van der Waals surface area (Å²) in [6.07, 6.45) is 3.78. The molecule has 1 aromatic carbocycles. The van der Waals surface area contributed by atoms with E-state index >= 15 is 0 Å². The molecule has 2 aromatic heterocycles. The number of hydrogen-bond acceptors (Lipinski definition) is 6. The van der Waals surface area contributed by atoms with Gasteiger partial charge < -0.3 is 4.52 Å². The molecule has 4 rings (SSSR count). The minimum absolute atomic E-state index is 0.325. The highest BCUT2D eigenvalue weighted by atomic mass is 32.2. The van der Waals surface area contributed by atoms with E-state index in [0.717, 1.165) is 24.8 Å². The Morgan fingerprint density at radius 3 is 2.60 bits per heavy atom. The van der Waals surface area contributed by atoms with Crippen LogP contribution in [0, 0.1) is 5.92 Å².